The van der Waals surface area contributed by atoms with Crippen LogP contribution in [0.3, 0.4) is 0 Å². The van der Waals surface area contributed by atoms with Crippen molar-refractivity contribution in [2.75, 3.05) is 0 Å². The van der Waals surface area contributed by atoms with Crippen molar-refractivity contribution in [2.24, 2.45) is 7.05 Å². The molecular formula is C19H14F4N6O. The van der Waals surface area contributed by atoms with E-state index in [-0.39, 0.29) is 12.2 Å². The average Bonchev–Trinajstić information content (AvgIpc) is 3.28. The topological polar surface area (TPSA) is 77.6 Å². The third kappa shape index (κ3) is 3.49. The predicted molar refractivity (Wildman–Crippen MR) is 98.2 cm³/mol. The summed E-state index contributed by atoms with van der Waals surface area (Å²) in [5, 5.41) is 9.21. The summed E-state index contributed by atoms with van der Waals surface area (Å²) in [6.07, 6.45) is -4.94. The Morgan fingerprint density at radius 3 is 2.60 bits per heavy atom. The standard InChI is InChI=1S/C19H14F4N6O/c1-28-14-8-3-2-7-13(14)25-15(28)10-24-18(30)16-17(19(21,22)23)29(27-26-16)12-6-4-5-11(20)9-12/h2-9H,10H2,1H3,(H,24,30). The number of aryl methyl sites for hydroxylation is 1. The zero-order valence-corrected chi connectivity index (χ0v) is 15.5. The highest BCUT2D eigenvalue weighted by molar-refractivity contribution is 5.93. The highest BCUT2D eigenvalue weighted by atomic mass is 19.4. The van der Waals surface area contributed by atoms with Crippen LogP contribution in [0.25, 0.3) is 16.7 Å². The second-order valence-corrected chi connectivity index (χ2v) is 6.43. The van der Waals surface area contributed by atoms with Crippen LogP contribution in [-0.4, -0.2) is 30.5 Å². The van der Waals surface area contributed by atoms with Crippen molar-refractivity contribution in [3.63, 3.8) is 0 Å². The molecule has 0 aliphatic rings. The number of fused-ring (bicyclic) bond motifs is 1. The number of nitrogens with zero attached hydrogens (tertiary/aromatic N) is 5. The van der Waals surface area contributed by atoms with Gasteiger partial charge in [0, 0.05) is 7.05 Å². The van der Waals surface area contributed by atoms with E-state index >= 15 is 0 Å². The Kier molecular flexibility index (Phi) is 4.72. The molecule has 0 saturated carbocycles. The second kappa shape index (κ2) is 7.25. The van der Waals surface area contributed by atoms with E-state index in [1.54, 1.807) is 23.7 Å². The zero-order valence-electron chi connectivity index (χ0n) is 15.5. The number of carbonyl (C=O) groups is 1. The van der Waals surface area contributed by atoms with Gasteiger partial charge in [-0.25, -0.2) is 14.1 Å². The van der Waals surface area contributed by atoms with Crippen LogP contribution in [-0.2, 0) is 19.8 Å². The molecule has 0 fully saturated rings. The normalized spacial score (nSPS) is 11.8. The van der Waals surface area contributed by atoms with Crippen LogP contribution in [0.15, 0.2) is 48.5 Å². The van der Waals surface area contributed by atoms with Gasteiger partial charge < -0.3 is 9.88 Å². The van der Waals surface area contributed by atoms with Gasteiger partial charge in [0.05, 0.1) is 23.3 Å². The highest BCUT2D eigenvalue weighted by Crippen LogP contribution is 2.32. The number of hydrogen-bond donors (Lipinski definition) is 1. The molecule has 4 rings (SSSR count). The smallest absolute Gasteiger partial charge is 0.343 e. The fourth-order valence-electron chi connectivity index (χ4n) is 3.07. The Morgan fingerprint density at radius 1 is 1.13 bits per heavy atom. The summed E-state index contributed by atoms with van der Waals surface area (Å²) in [7, 11) is 1.73. The first-order chi connectivity index (χ1) is 14.3. The van der Waals surface area contributed by atoms with Crippen LogP contribution in [0.5, 0.6) is 0 Å². The first kappa shape index (κ1) is 19.6. The monoisotopic (exact) mass is 418 g/mol. The third-order valence-electron chi connectivity index (χ3n) is 4.49. The number of nitrogens with one attached hydrogen (secondary N) is 1. The number of alkyl halides is 3. The number of halogens is 4. The summed E-state index contributed by atoms with van der Waals surface area (Å²) in [5.41, 5.74) is -1.00. The Balaban J connectivity index is 1.64. The van der Waals surface area contributed by atoms with Gasteiger partial charge in [0.2, 0.25) is 0 Å². The Morgan fingerprint density at radius 2 is 1.90 bits per heavy atom. The molecule has 1 amide bonds. The van der Waals surface area contributed by atoms with Crippen LogP contribution in [0.2, 0.25) is 0 Å². The number of para-hydroxylation sites is 2. The van der Waals surface area contributed by atoms with E-state index in [9.17, 15) is 22.4 Å². The van der Waals surface area contributed by atoms with E-state index < -0.39 is 29.3 Å². The first-order valence-electron chi connectivity index (χ1n) is 8.73. The number of imidazole rings is 1. The van der Waals surface area contributed by atoms with Crippen molar-refractivity contribution >= 4 is 16.9 Å². The molecule has 11 heteroatoms. The van der Waals surface area contributed by atoms with Crippen LogP contribution < -0.4 is 5.32 Å². The molecule has 4 aromatic rings. The van der Waals surface area contributed by atoms with E-state index in [1.165, 1.54) is 12.1 Å². The Labute approximate surface area is 166 Å². The van der Waals surface area contributed by atoms with Gasteiger partial charge in [-0.3, -0.25) is 4.79 Å². The van der Waals surface area contributed by atoms with Gasteiger partial charge in [-0.05, 0) is 30.3 Å². The van der Waals surface area contributed by atoms with Gasteiger partial charge in [-0.1, -0.05) is 23.4 Å². The molecule has 2 aromatic carbocycles. The number of hydrogen-bond acceptors (Lipinski definition) is 4. The molecule has 0 aliphatic heterocycles. The number of benzene rings is 2. The molecule has 0 spiro atoms. The van der Waals surface area contributed by atoms with E-state index in [0.717, 1.165) is 17.6 Å². The molecule has 2 aromatic heterocycles. The van der Waals surface area contributed by atoms with Crippen molar-refractivity contribution in [2.45, 2.75) is 12.7 Å². The zero-order chi connectivity index (χ0) is 21.5. The maximum atomic E-state index is 13.7. The van der Waals surface area contributed by atoms with Gasteiger partial charge >= 0.3 is 6.18 Å². The molecule has 0 aliphatic carbocycles. The maximum Gasteiger partial charge on any atom is 0.435 e. The van der Waals surface area contributed by atoms with Crippen LogP contribution >= 0.6 is 0 Å². The molecule has 0 radical (unpaired) electrons. The van der Waals surface area contributed by atoms with Gasteiger partial charge in [0.25, 0.3) is 5.91 Å². The van der Waals surface area contributed by atoms with Crippen molar-refractivity contribution in [3.05, 3.63) is 71.6 Å². The molecular weight excluding hydrogens is 404 g/mol. The lowest BCUT2D eigenvalue weighted by molar-refractivity contribution is -0.143. The maximum absolute atomic E-state index is 13.7. The molecule has 1 N–H and O–H groups in total. The van der Waals surface area contributed by atoms with Crippen molar-refractivity contribution in [3.8, 4) is 5.69 Å². The summed E-state index contributed by atoms with van der Waals surface area (Å²) in [6.45, 7) is -0.117. The Bertz CT molecular complexity index is 1240. The summed E-state index contributed by atoms with van der Waals surface area (Å²) in [5.74, 6) is -1.36. The number of carbonyl (C=O) groups excluding carboxylic acids is 1. The minimum absolute atomic E-state index is 0.117. The summed E-state index contributed by atoms with van der Waals surface area (Å²) >= 11 is 0. The largest absolute Gasteiger partial charge is 0.435 e. The predicted octanol–water partition coefficient (Wildman–Crippen LogP) is 3.24. The van der Waals surface area contributed by atoms with Crippen molar-refractivity contribution in [1.29, 1.82) is 0 Å². The fourth-order valence-corrected chi connectivity index (χ4v) is 3.07. The molecule has 0 saturated heterocycles. The summed E-state index contributed by atoms with van der Waals surface area (Å²) in [6, 6.07) is 11.7. The van der Waals surface area contributed by atoms with Crippen molar-refractivity contribution in [1.82, 2.24) is 29.9 Å². The molecule has 0 bridgehead atoms. The lowest BCUT2D eigenvalue weighted by Crippen LogP contribution is -2.28. The lowest BCUT2D eigenvalue weighted by atomic mass is 10.2. The number of aromatic nitrogens is 5. The van der Waals surface area contributed by atoms with Crippen LogP contribution in [0.4, 0.5) is 17.6 Å². The van der Waals surface area contributed by atoms with Crippen molar-refractivity contribution < 1.29 is 22.4 Å². The summed E-state index contributed by atoms with van der Waals surface area (Å²) < 4.78 is 56.6. The fraction of sp³-hybridized carbons (Fsp3) is 0.158. The summed E-state index contributed by atoms with van der Waals surface area (Å²) in [4.78, 5) is 16.8. The lowest BCUT2D eigenvalue weighted by Gasteiger charge is -2.11. The van der Waals surface area contributed by atoms with Gasteiger partial charge in [0.1, 0.15) is 11.6 Å². The molecule has 154 valence electrons. The van der Waals surface area contributed by atoms with Crippen LogP contribution in [0.1, 0.15) is 22.0 Å². The minimum atomic E-state index is -4.94. The molecule has 30 heavy (non-hydrogen) atoms. The number of amides is 1. The molecule has 7 nitrogen and oxygen atoms in total. The van der Waals surface area contributed by atoms with E-state index in [4.69, 9.17) is 0 Å². The molecule has 0 unspecified atom stereocenters. The molecule has 0 atom stereocenters. The van der Waals surface area contributed by atoms with Gasteiger partial charge in [0.15, 0.2) is 11.4 Å². The van der Waals surface area contributed by atoms with Gasteiger partial charge in [-0.2, -0.15) is 13.2 Å². The quantitative estimate of drug-likeness (QED) is 0.516. The number of rotatable bonds is 4. The Hall–Kier alpha value is -3.76. The SMILES string of the molecule is Cn1c(CNC(=O)c2nnn(-c3cccc(F)c3)c2C(F)(F)F)nc2ccccc21. The first-order valence-corrected chi connectivity index (χ1v) is 8.73. The van der Waals surface area contributed by atoms with E-state index in [1.807, 2.05) is 12.1 Å². The van der Waals surface area contributed by atoms with Gasteiger partial charge in [-0.15, -0.1) is 5.10 Å². The van der Waals surface area contributed by atoms with E-state index in [2.05, 4.69) is 20.6 Å². The van der Waals surface area contributed by atoms with E-state index in [0.29, 0.717) is 16.0 Å². The second-order valence-electron chi connectivity index (χ2n) is 6.43. The van der Waals surface area contributed by atoms with Crippen LogP contribution in [0, 0.1) is 5.82 Å². The molecule has 2 heterocycles. The minimum Gasteiger partial charge on any atom is -0.343 e. The highest BCUT2D eigenvalue weighted by Gasteiger charge is 2.42. The average molecular weight is 418 g/mol. The third-order valence-corrected chi connectivity index (χ3v) is 4.49.